The molecule has 1 aromatic heterocycles. The summed E-state index contributed by atoms with van der Waals surface area (Å²) < 4.78 is 5.58. The van der Waals surface area contributed by atoms with Gasteiger partial charge in [-0.05, 0) is 30.3 Å². The Labute approximate surface area is 150 Å². The molecule has 0 fully saturated rings. The number of nitrogens with one attached hydrogen (secondary N) is 1. The lowest BCUT2D eigenvalue weighted by molar-refractivity contribution is 0.0959. The molecule has 0 saturated carbocycles. The Morgan fingerprint density at radius 3 is 2.88 bits per heavy atom. The Bertz CT molecular complexity index is 960. The second-order valence-corrected chi connectivity index (χ2v) is 5.57. The molecule has 0 aliphatic heterocycles. The lowest BCUT2D eigenvalue weighted by atomic mass is 10.2. The van der Waals surface area contributed by atoms with E-state index in [1.807, 2.05) is 30.3 Å². The number of pyridine rings is 1. The molecule has 1 N–H and O–H groups in total. The van der Waals surface area contributed by atoms with Gasteiger partial charge in [0.15, 0.2) is 0 Å². The van der Waals surface area contributed by atoms with Crippen molar-refractivity contribution in [2.24, 2.45) is 0 Å². The Morgan fingerprint density at radius 2 is 2.00 bits per heavy atom. The maximum absolute atomic E-state index is 11.9. The fourth-order valence-electron chi connectivity index (χ4n) is 2.23. The molecule has 4 nitrogen and oxygen atoms in total. The average Bonchev–Trinajstić information content (AvgIpc) is 2.64. The van der Waals surface area contributed by atoms with E-state index in [2.05, 4.69) is 22.1 Å². The number of hydrogen-bond donors (Lipinski definition) is 1. The first kappa shape index (κ1) is 16.8. The van der Waals surface area contributed by atoms with Gasteiger partial charge in [-0.3, -0.25) is 9.78 Å². The molecule has 0 unspecified atom stereocenters. The van der Waals surface area contributed by atoms with Crippen LogP contribution in [0.2, 0.25) is 5.02 Å². The zero-order chi connectivity index (χ0) is 17.5. The third-order valence-electron chi connectivity index (χ3n) is 3.47. The van der Waals surface area contributed by atoms with Crippen LogP contribution in [0, 0.1) is 11.8 Å². The minimum atomic E-state index is -0.249. The largest absolute Gasteiger partial charge is 0.481 e. The highest BCUT2D eigenvalue weighted by molar-refractivity contribution is 6.33. The lowest BCUT2D eigenvalue weighted by Gasteiger charge is -2.04. The molecule has 3 aromatic rings. The smallest absolute Gasteiger partial charge is 0.253 e. The maximum atomic E-state index is 11.9. The van der Waals surface area contributed by atoms with E-state index >= 15 is 0 Å². The van der Waals surface area contributed by atoms with Crippen LogP contribution in [0.25, 0.3) is 10.9 Å². The summed E-state index contributed by atoms with van der Waals surface area (Å²) in [4.78, 5) is 16.2. The number of rotatable bonds is 4. The van der Waals surface area contributed by atoms with Gasteiger partial charge in [0.05, 0.1) is 22.6 Å². The van der Waals surface area contributed by atoms with E-state index in [0.29, 0.717) is 16.3 Å². The fourth-order valence-corrected chi connectivity index (χ4v) is 2.46. The Hall–Kier alpha value is -3.03. The summed E-state index contributed by atoms with van der Waals surface area (Å²) in [5, 5.41) is 4.18. The predicted molar refractivity (Wildman–Crippen MR) is 98.8 cm³/mol. The van der Waals surface area contributed by atoms with Crippen molar-refractivity contribution >= 4 is 28.4 Å². The molecule has 0 atom stereocenters. The molecule has 1 heterocycles. The van der Waals surface area contributed by atoms with Gasteiger partial charge in [0.2, 0.25) is 0 Å². The molecule has 0 radical (unpaired) electrons. The zero-order valence-corrected chi connectivity index (χ0v) is 14.1. The standard InChI is InChI=1S/C20H15ClN2O2/c21-18-8-2-1-7-17(18)20(24)23-11-3-4-13-25-16-10-9-15-6-5-12-22-19(15)14-16/h1-2,5-10,12,14H,11,13H2,(H,23,24). The minimum Gasteiger partial charge on any atom is -0.481 e. The summed E-state index contributed by atoms with van der Waals surface area (Å²) in [5.74, 6) is 6.17. The van der Waals surface area contributed by atoms with Crippen LogP contribution in [0.3, 0.4) is 0 Å². The minimum absolute atomic E-state index is 0.229. The fraction of sp³-hybridized carbons (Fsp3) is 0.100. The summed E-state index contributed by atoms with van der Waals surface area (Å²) in [6.45, 7) is 0.465. The Morgan fingerprint density at radius 1 is 1.12 bits per heavy atom. The molecule has 0 spiro atoms. The number of hydrogen-bond acceptors (Lipinski definition) is 3. The molecule has 2 aromatic carbocycles. The summed E-state index contributed by atoms with van der Waals surface area (Å²) in [5.41, 5.74) is 1.31. The van der Waals surface area contributed by atoms with Crippen molar-refractivity contribution in [3.05, 3.63) is 71.4 Å². The Balaban J connectivity index is 1.48. The molecular formula is C20H15ClN2O2. The highest BCUT2D eigenvalue weighted by atomic mass is 35.5. The van der Waals surface area contributed by atoms with E-state index in [1.165, 1.54) is 0 Å². The molecule has 0 aliphatic rings. The number of carbonyl (C=O) groups excluding carboxylic acids is 1. The topological polar surface area (TPSA) is 51.2 Å². The SMILES string of the molecule is O=C(NCC#CCOc1ccc2cccnc2c1)c1ccccc1Cl. The predicted octanol–water partition coefficient (Wildman–Crippen LogP) is 3.70. The van der Waals surface area contributed by atoms with Gasteiger partial charge < -0.3 is 10.1 Å². The van der Waals surface area contributed by atoms with E-state index in [4.69, 9.17) is 16.3 Å². The van der Waals surface area contributed by atoms with E-state index in [-0.39, 0.29) is 19.1 Å². The van der Waals surface area contributed by atoms with Gasteiger partial charge in [0.1, 0.15) is 12.4 Å². The van der Waals surface area contributed by atoms with Crippen LogP contribution in [0.15, 0.2) is 60.8 Å². The van der Waals surface area contributed by atoms with Gasteiger partial charge >= 0.3 is 0 Å². The van der Waals surface area contributed by atoms with Crippen molar-refractivity contribution in [1.29, 1.82) is 0 Å². The van der Waals surface area contributed by atoms with Gasteiger partial charge in [-0.15, -0.1) is 0 Å². The summed E-state index contributed by atoms with van der Waals surface area (Å²) in [7, 11) is 0. The van der Waals surface area contributed by atoms with Crippen molar-refractivity contribution in [3.63, 3.8) is 0 Å². The quantitative estimate of drug-likeness (QED) is 0.730. The highest BCUT2D eigenvalue weighted by Crippen LogP contribution is 2.18. The first-order valence-electron chi connectivity index (χ1n) is 7.70. The van der Waals surface area contributed by atoms with Gasteiger partial charge in [-0.1, -0.05) is 41.6 Å². The highest BCUT2D eigenvalue weighted by Gasteiger charge is 2.07. The van der Waals surface area contributed by atoms with Crippen molar-refractivity contribution in [2.75, 3.05) is 13.2 Å². The van der Waals surface area contributed by atoms with Crippen LogP contribution >= 0.6 is 11.6 Å². The second-order valence-electron chi connectivity index (χ2n) is 5.16. The number of fused-ring (bicyclic) bond motifs is 1. The van der Waals surface area contributed by atoms with Gasteiger partial charge in [0.25, 0.3) is 5.91 Å². The number of benzene rings is 2. The monoisotopic (exact) mass is 350 g/mol. The normalized spacial score (nSPS) is 9.96. The molecule has 5 heteroatoms. The first-order chi connectivity index (χ1) is 12.2. The van der Waals surface area contributed by atoms with Crippen LogP contribution in [0.1, 0.15) is 10.4 Å². The molecule has 0 saturated heterocycles. The summed E-state index contributed by atoms with van der Waals surface area (Å²) in [6, 6.07) is 16.5. The van der Waals surface area contributed by atoms with Crippen LogP contribution < -0.4 is 10.1 Å². The summed E-state index contributed by atoms with van der Waals surface area (Å²) in [6.07, 6.45) is 1.74. The van der Waals surface area contributed by atoms with Crippen molar-refractivity contribution in [2.45, 2.75) is 0 Å². The van der Waals surface area contributed by atoms with Gasteiger partial charge in [0, 0.05) is 17.6 Å². The van der Waals surface area contributed by atoms with E-state index in [9.17, 15) is 4.79 Å². The van der Waals surface area contributed by atoms with E-state index in [0.717, 1.165) is 10.9 Å². The third-order valence-corrected chi connectivity index (χ3v) is 3.80. The number of halogens is 1. The lowest BCUT2D eigenvalue weighted by Crippen LogP contribution is -2.23. The van der Waals surface area contributed by atoms with Crippen molar-refractivity contribution in [1.82, 2.24) is 10.3 Å². The maximum Gasteiger partial charge on any atom is 0.253 e. The number of nitrogens with zero attached hydrogens (tertiary/aromatic N) is 1. The van der Waals surface area contributed by atoms with Crippen LogP contribution in [-0.2, 0) is 0 Å². The molecule has 3 rings (SSSR count). The number of ether oxygens (including phenoxy) is 1. The van der Waals surface area contributed by atoms with Gasteiger partial charge in [-0.25, -0.2) is 0 Å². The third kappa shape index (κ3) is 4.50. The zero-order valence-electron chi connectivity index (χ0n) is 13.3. The van der Waals surface area contributed by atoms with E-state index < -0.39 is 0 Å². The van der Waals surface area contributed by atoms with Gasteiger partial charge in [-0.2, -0.15) is 0 Å². The van der Waals surface area contributed by atoms with E-state index in [1.54, 1.807) is 30.5 Å². The molecule has 0 aliphatic carbocycles. The first-order valence-corrected chi connectivity index (χ1v) is 8.08. The number of aromatic nitrogens is 1. The molecular weight excluding hydrogens is 336 g/mol. The van der Waals surface area contributed by atoms with Crippen molar-refractivity contribution < 1.29 is 9.53 Å². The second kappa shape index (κ2) is 8.18. The molecule has 25 heavy (non-hydrogen) atoms. The number of carbonyl (C=O) groups is 1. The van der Waals surface area contributed by atoms with Crippen molar-refractivity contribution in [3.8, 4) is 17.6 Å². The molecule has 0 bridgehead atoms. The average molecular weight is 351 g/mol. The molecule has 124 valence electrons. The van der Waals surface area contributed by atoms with Crippen LogP contribution in [-0.4, -0.2) is 24.0 Å². The number of amides is 1. The van der Waals surface area contributed by atoms with Crippen LogP contribution in [0.4, 0.5) is 0 Å². The molecule has 1 amide bonds. The van der Waals surface area contributed by atoms with Crippen LogP contribution in [0.5, 0.6) is 5.75 Å². The summed E-state index contributed by atoms with van der Waals surface area (Å²) >= 11 is 5.97. The Kier molecular flexibility index (Phi) is 5.50.